The fourth-order valence-electron chi connectivity index (χ4n) is 4.81. The van der Waals surface area contributed by atoms with E-state index >= 15 is 0 Å². The van der Waals surface area contributed by atoms with Gasteiger partial charge in [-0.05, 0) is 56.3 Å². The molecule has 2 aliphatic heterocycles. The van der Waals surface area contributed by atoms with Gasteiger partial charge in [0.15, 0.2) is 0 Å². The minimum atomic E-state index is -0.814. The van der Waals surface area contributed by atoms with Crippen LogP contribution in [0.15, 0.2) is 30.7 Å². The summed E-state index contributed by atoms with van der Waals surface area (Å²) in [6.45, 7) is 2.35. The molecule has 8 heteroatoms. The van der Waals surface area contributed by atoms with Gasteiger partial charge in [-0.1, -0.05) is 4.49 Å². The van der Waals surface area contributed by atoms with Gasteiger partial charge in [-0.25, -0.2) is 0 Å². The van der Waals surface area contributed by atoms with Crippen molar-refractivity contribution in [3.63, 3.8) is 0 Å². The molecule has 3 atom stereocenters. The van der Waals surface area contributed by atoms with Crippen LogP contribution >= 0.6 is 11.5 Å². The number of aromatic nitrogens is 4. The molecule has 2 bridgehead atoms. The smallest absolute Gasteiger partial charge is 0.268 e. The minimum absolute atomic E-state index is 0.0210. The lowest BCUT2D eigenvalue weighted by Gasteiger charge is -2.44. The zero-order valence-electron chi connectivity index (χ0n) is 15.1. The molecule has 0 spiro atoms. The molecule has 140 valence electrons. The Hall–Kier alpha value is -2.32. The molecule has 2 fully saturated rings. The summed E-state index contributed by atoms with van der Waals surface area (Å²) in [6.07, 6.45) is 8.71. The summed E-state index contributed by atoms with van der Waals surface area (Å²) in [6, 6.07) is 4.17. The van der Waals surface area contributed by atoms with Crippen molar-refractivity contribution in [1.82, 2.24) is 24.0 Å². The van der Waals surface area contributed by atoms with E-state index in [4.69, 9.17) is 0 Å². The van der Waals surface area contributed by atoms with Crippen LogP contribution in [-0.2, 0) is 6.54 Å². The zero-order valence-corrected chi connectivity index (χ0v) is 15.9. The standard InChI is InChI=1S/C19H21N5O2S/c1-12-17(27-22-21-12)18(25)24-14-2-3-15(24)9-19(26,8-14)11-23-7-5-13-4-6-20-10-16(13)23/h4-7,10,14-15,26H,2-3,8-9,11H2,1H3/t14-,15+,19?. The fourth-order valence-corrected chi connectivity index (χ4v) is 5.41. The summed E-state index contributed by atoms with van der Waals surface area (Å²) in [7, 11) is 0. The summed E-state index contributed by atoms with van der Waals surface area (Å²) < 4.78 is 5.98. The van der Waals surface area contributed by atoms with Gasteiger partial charge in [-0.2, -0.15) is 0 Å². The maximum absolute atomic E-state index is 13.0. The Morgan fingerprint density at radius 1 is 1.33 bits per heavy atom. The summed E-state index contributed by atoms with van der Waals surface area (Å²) in [5.41, 5.74) is 0.908. The van der Waals surface area contributed by atoms with Crippen molar-refractivity contribution in [3.05, 3.63) is 41.3 Å². The first-order chi connectivity index (χ1) is 13.0. The van der Waals surface area contributed by atoms with Gasteiger partial charge in [-0.3, -0.25) is 9.78 Å². The molecular weight excluding hydrogens is 362 g/mol. The van der Waals surface area contributed by atoms with E-state index in [1.54, 1.807) is 6.20 Å². The van der Waals surface area contributed by atoms with Gasteiger partial charge in [0, 0.05) is 29.9 Å². The lowest BCUT2D eigenvalue weighted by Crippen LogP contribution is -2.54. The predicted octanol–water partition coefficient (Wildman–Crippen LogP) is 2.39. The number of amides is 1. The Balaban J connectivity index is 1.39. The quantitative estimate of drug-likeness (QED) is 0.751. The SMILES string of the molecule is Cc1nnsc1C(=O)N1[C@@H]2CC[C@H]1CC(O)(Cn1ccc3ccncc31)C2. The number of carbonyl (C=O) groups excluding carboxylic acids is 1. The van der Waals surface area contributed by atoms with Crippen molar-refractivity contribution in [3.8, 4) is 0 Å². The van der Waals surface area contributed by atoms with Crippen molar-refractivity contribution < 1.29 is 9.90 Å². The number of piperidine rings is 1. The number of pyridine rings is 1. The molecule has 0 aliphatic carbocycles. The van der Waals surface area contributed by atoms with E-state index in [9.17, 15) is 9.90 Å². The van der Waals surface area contributed by atoms with Gasteiger partial charge in [0.05, 0.1) is 29.6 Å². The lowest BCUT2D eigenvalue weighted by atomic mass is 9.85. The highest BCUT2D eigenvalue weighted by Gasteiger charge is 2.50. The van der Waals surface area contributed by atoms with Crippen LogP contribution in [0.2, 0.25) is 0 Å². The van der Waals surface area contributed by atoms with Crippen LogP contribution in [0, 0.1) is 6.92 Å². The van der Waals surface area contributed by atoms with Crippen molar-refractivity contribution in [2.45, 2.75) is 56.8 Å². The molecule has 1 N–H and O–H groups in total. The van der Waals surface area contributed by atoms with E-state index in [0.29, 0.717) is 30.0 Å². The Morgan fingerprint density at radius 2 is 2.11 bits per heavy atom. The zero-order chi connectivity index (χ0) is 18.6. The largest absolute Gasteiger partial charge is 0.388 e. The molecule has 0 saturated carbocycles. The van der Waals surface area contributed by atoms with Gasteiger partial charge < -0.3 is 14.6 Å². The molecule has 3 aromatic rings. The molecule has 0 radical (unpaired) electrons. The molecule has 3 aromatic heterocycles. The molecule has 2 saturated heterocycles. The minimum Gasteiger partial charge on any atom is -0.388 e. The molecule has 27 heavy (non-hydrogen) atoms. The second-order valence-electron chi connectivity index (χ2n) is 7.80. The summed E-state index contributed by atoms with van der Waals surface area (Å²) in [5.74, 6) is 0.0210. The van der Waals surface area contributed by atoms with Crippen molar-refractivity contribution in [1.29, 1.82) is 0 Å². The Morgan fingerprint density at radius 3 is 2.81 bits per heavy atom. The third kappa shape index (κ3) is 2.74. The Kier molecular flexibility index (Phi) is 3.80. The number of aliphatic hydroxyl groups is 1. The monoisotopic (exact) mass is 383 g/mol. The van der Waals surface area contributed by atoms with E-state index in [2.05, 4.69) is 19.1 Å². The third-order valence-corrected chi connectivity index (χ3v) is 6.79. The first-order valence-corrected chi connectivity index (χ1v) is 10.0. The maximum Gasteiger partial charge on any atom is 0.268 e. The average molecular weight is 383 g/mol. The fraction of sp³-hybridized carbons (Fsp3) is 0.474. The molecule has 0 aromatic carbocycles. The first-order valence-electron chi connectivity index (χ1n) is 9.27. The summed E-state index contributed by atoms with van der Waals surface area (Å²) in [4.78, 5) is 19.8. The number of hydrogen-bond acceptors (Lipinski definition) is 6. The maximum atomic E-state index is 13.0. The number of fused-ring (bicyclic) bond motifs is 3. The van der Waals surface area contributed by atoms with E-state index in [-0.39, 0.29) is 18.0 Å². The van der Waals surface area contributed by atoms with E-state index < -0.39 is 5.60 Å². The van der Waals surface area contributed by atoms with Gasteiger partial charge in [0.2, 0.25) is 0 Å². The van der Waals surface area contributed by atoms with Crippen LogP contribution in [0.3, 0.4) is 0 Å². The van der Waals surface area contributed by atoms with Crippen LogP contribution < -0.4 is 0 Å². The van der Waals surface area contributed by atoms with Gasteiger partial charge in [0.1, 0.15) is 4.88 Å². The van der Waals surface area contributed by atoms with Gasteiger partial charge >= 0.3 is 0 Å². The Bertz CT molecular complexity index is 998. The third-order valence-electron chi connectivity index (χ3n) is 5.97. The van der Waals surface area contributed by atoms with Crippen LogP contribution in [0.25, 0.3) is 10.9 Å². The van der Waals surface area contributed by atoms with Gasteiger partial charge in [0.25, 0.3) is 5.91 Å². The second-order valence-corrected chi connectivity index (χ2v) is 8.55. The van der Waals surface area contributed by atoms with Crippen molar-refractivity contribution >= 4 is 28.3 Å². The van der Waals surface area contributed by atoms with Crippen molar-refractivity contribution in [2.75, 3.05) is 0 Å². The highest BCUT2D eigenvalue weighted by Crippen LogP contribution is 2.43. The summed E-state index contributed by atoms with van der Waals surface area (Å²) in [5, 5.41) is 16.5. The van der Waals surface area contributed by atoms with E-state index in [1.165, 1.54) is 0 Å². The lowest BCUT2D eigenvalue weighted by molar-refractivity contribution is -0.0532. The molecule has 2 aliphatic rings. The average Bonchev–Trinajstić information content (AvgIpc) is 3.32. The number of rotatable bonds is 3. The van der Waals surface area contributed by atoms with Crippen LogP contribution in [0.1, 0.15) is 41.0 Å². The highest BCUT2D eigenvalue weighted by molar-refractivity contribution is 7.07. The molecule has 1 unspecified atom stereocenters. The van der Waals surface area contributed by atoms with Crippen LogP contribution in [-0.4, -0.2) is 52.7 Å². The highest BCUT2D eigenvalue weighted by atomic mass is 32.1. The van der Waals surface area contributed by atoms with Crippen LogP contribution in [0.5, 0.6) is 0 Å². The molecule has 1 amide bonds. The summed E-state index contributed by atoms with van der Waals surface area (Å²) >= 11 is 1.16. The van der Waals surface area contributed by atoms with E-state index in [1.807, 2.05) is 36.4 Å². The van der Waals surface area contributed by atoms with Crippen LogP contribution in [0.4, 0.5) is 0 Å². The molecule has 7 nitrogen and oxygen atoms in total. The van der Waals surface area contributed by atoms with Gasteiger partial charge in [-0.15, -0.1) is 5.10 Å². The predicted molar refractivity (Wildman–Crippen MR) is 102 cm³/mol. The normalized spacial score (nSPS) is 27.4. The molecule has 5 heterocycles. The van der Waals surface area contributed by atoms with E-state index in [0.717, 1.165) is 35.3 Å². The molecular formula is C19H21N5O2S. The molecule has 5 rings (SSSR count). The van der Waals surface area contributed by atoms with Crippen molar-refractivity contribution in [2.24, 2.45) is 0 Å². The number of nitrogens with zero attached hydrogens (tertiary/aromatic N) is 5. The Labute approximate surface area is 160 Å². The number of hydrogen-bond donors (Lipinski definition) is 1. The number of carbonyl (C=O) groups is 1. The number of aryl methyl sites for hydroxylation is 1. The second kappa shape index (κ2) is 6.10. The first kappa shape index (κ1) is 16.8. The topological polar surface area (TPSA) is 84.1 Å².